The Labute approximate surface area is 58.9 Å². The van der Waals surface area contributed by atoms with Gasteiger partial charge >= 0.3 is 58.7 Å². The summed E-state index contributed by atoms with van der Waals surface area (Å²) in [6, 6.07) is 0. The molecule has 0 amide bonds. The molecule has 1 aliphatic rings. The maximum atomic E-state index is 5.23. The monoisotopic (exact) mass is 296 g/mol. The zero-order valence-corrected chi connectivity index (χ0v) is 8.58. The third-order valence-electron chi connectivity index (χ3n) is 0.842. The third-order valence-corrected chi connectivity index (χ3v) is 2.34. The van der Waals surface area contributed by atoms with Gasteiger partial charge in [0.05, 0.1) is 0 Å². The summed E-state index contributed by atoms with van der Waals surface area (Å²) in [5.41, 5.74) is 0. The van der Waals surface area contributed by atoms with Crippen LogP contribution in [-0.4, -0.2) is 49.3 Å². The van der Waals surface area contributed by atoms with E-state index in [0.717, 1.165) is 45.6 Å². The first-order chi connectivity index (χ1) is 3.39. The first-order valence-electron chi connectivity index (χ1n) is 2.34. The van der Waals surface area contributed by atoms with E-state index in [1.54, 1.807) is 0 Å². The van der Waals surface area contributed by atoms with Gasteiger partial charge < -0.3 is 0 Å². The van der Waals surface area contributed by atoms with E-state index in [2.05, 4.69) is 0 Å². The Balaban J connectivity index is 2.12. The SMILES string of the molecule is [PbH][CH]1COCCO1. The van der Waals surface area contributed by atoms with Crippen LogP contribution in [0.4, 0.5) is 0 Å². The normalized spacial score (nSPS) is 33.0. The molecule has 40 valence electrons. The summed E-state index contributed by atoms with van der Waals surface area (Å²) in [5.74, 6) is 0. The van der Waals surface area contributed by atoms with E-state index in [4.69, 9.17) is 9.47 Å². The number of rotatable bonds is 0. The fourth-order valence-electron chi connectivity index (χ4n) is 0.506. The van der Waals surface area contributed by atoms with Crippen LogP contribution in [0, 0.1) is 0 Å². The van der Waals surface area contributed by atoms with Crippen molar-refractivity contribution < 1.29 is 9.47 Å². The Bertz CT molecular complexity index is 51.7. The van der Waals surface area contributed by atoms with Crippen molar-refractivity contribution in [3.8, 4) is 0 Å². The molecule has 0 aromatic carbocycles. The number of ether oxygens (including phenoxy) is 2. The molecular formula is C4H8O2Pb. The van der Waals surface area contributed by atoms with Crippen molar-refractivity contribution in [3.63, 3.8) is 0 Å². The molecule has 0 aromatic rings. The van der Waals surface area contributed by atoms with Crippen LogP contribution in [0.25, 0.3) is 0 Å². The summed E-state index contributed by atoms with van der Waals surface area (Å²) in [4.78, 5) is 0. The van der Waals surface area contributed by atoms with E-state index >= 15 is 0 Å². The second-order valence-corrected chi connectivity index (χ2v) is 4.37. The molecule has 0 spiro atoms. The first kappa shape index (κ1) is 5.97. The van der Waals surface area contributed by atoms with Crippen molar-refractivity contribution in [1.82, 2.24) is 0 Å². The Morgan fingerprint density at radius 2 is 2.29 bits per heavy atom. The molecule has 1 rings (SSSR count). The van der Waals surface area contributed by atoms with Gasteiger partial charge in [-0.1, -0.05) is 0 Å². The van der Waals surface area contributed by atoms with E-state index in [1.165, 1.54) is 0 Å². The number of hydrogen-bond donors (Lipinski definition) is 0. The first-order valence-corrected chi connectivity index (χ1v) is 4.93. The molecule has 1 fully saturated rings. The van der Waals surface area contributed by atoms with Crippen LogP contribution in [0.2, 0.25) is 0 Å². The van der Waals surface area contributed by atoms with Crippen LogP contribution in [0.5, 0.6) is 0 Å². The Morgan fingerprint density at radius 1 is 1.43 bits per heavy atom. The molecule has 7 heavy (non-hydrogen) atoms. The predicted octanol–water partition coefficient (Wildman–Crippen LogP) is -0.740. The van der Waals surface area contributed by atoms with Gasteiger partial charge in [0, 0.05) is 0 Å². The minimum absolute atomic E-state index is 0.480. The maximum absolute atomic E-state index is 5.23. The van der Waals surface area contributed by atoms with Crippen LogP contribution in [0.15, 0.2) is 0 Å². The van der Waals surface area contributed by atoms with Crippen LogP contribution in [0.3, 0.4) is 0 Å². The molecule has 0 aromatic heterocycles. The van der Waals surface area contributed by atoms with Gasteiger partial charge in [0.2, 0.25) is 0 Å². The standard InChI is InChI=1S/C4H7O2.Pb.H/c1-2-6-4-3-5-1;;/h1H,2-4H2;;. The molecular weight excluding hydrogens is 287 g/mol. The molecule has 0 bridgehead atoms. The van der Waals surface area contributed by atoms with Crippen LogP contribution >= 0.6 is 0 Å². The van der Waals surface area contributed by atoms with Gasteiger partial charge in [-0.15, -0.1) is 0 Å². The predicted molar refractivity (Wildman–Crippen MR) is 27.7 cm³/mol. The Morgan fingerprint density at radius 3 is 2.57 bits per heavy atom. The molecule has 1 unspecified atom stereocenters. The quantitative estimate of drug-likeness (QED) is 0.548. The average Bonchev–Trinajstić information content (AvgIpc) is 1.69. The molecule has 1 saturated heterocycles. The Kier molecular flexibility index (Phi) is 2.55. The van der Waals surface area contributed by atoms with E-state index in [1.807, 2.05) is 0 Å². The molecule has 1 atom stereocenters. The summed E-state index contributed by atoms with van der Waals surface area (Å²) in [5, 5.41) is 0. The molecule has 0 aliphatic carbocycles. The van der Waals surface area contributed by atoms with Gasteiger partial charge in [0.1, 0.15) is 0 Å². The van der Waals surface area contributed by atoms with E-state index in [0.29, 0.717) is 3.66 Å². The fourth-order valence-corrected chi connectivity index (χ4v) is 1.56. The molecule has 2 radical (unpaired) electrons. The minimum atomic E-state index is 0.480. The summed E-state index contributed by atoms with van der Waals surface area (Å²) >= 11 is 0.922. The van der Waals surface area contributed by atoms with Crippen molar-refractivity contribution in [2.75, 3.05) is 19.8 Å². The van der Waals surface area contributed by atoms with Crippen molar-refractivity contribution >= 4 is 25.8 Å². The molecule has 1 aliphatic heterocycles. The van der Waals surface area contributed by atoms with Gasteiger partial charge in [-0.3, -0.25) is 0 Å². The van der Waals surface area contributed by atoms with Crippen molar-refractivity contribution in [1.29, 1.82) is 0 Å². The van der Waals surface area contributed by atoms with Gasteiger partial charge in [-0.05, 0) is 0 Å². The molecule has 1 heterocycles. The zero-order chi connectivity index (χ0) is 5.11. The van der Waals surface area contributed by atoms with Crippen LogP contribution in [0.1, 0.15) is 0 Å². The summed E-state index contributed by atoms with van der Waals surface area (Å²) in [7, 11) is 0. The van der Waals surface area contributed by atoms with Gasteiger partial charge in [-0.2, -0.15) is 0 Å². The fraction of sp³-hybridized carbons (Fsp3) is 1.00. The van der Waals surface area contributed by atoms with Crippen LogP contribution < -0.4 is 0 Å². The summed E-state index contributed by atoms with van der Waals surface area (Å²) < 4.78 is 10.8. The van der Waals surface area contributed by atoms with E-state index in [9.17, 15) is 0 Å². The van der Waals surface area contributed by atoms with Gasteiger partial charge in [0.15, 0.2) is 0 Å². The second kappa shape index (κ2) is 2.99. The molecule has 2 nitrogen and oxygen atoms in total. The molecule has 0 saturated carbocycles. The van der Waals surface area contributed by atoms with Crippen molar-refractivity contribution in [3.05, 3.63) is 0 Å². The van der Waals surface area contributed by atoms with E-state index in [-0.39, 0.29) is 0 Å². The molecule has 3 heteroatoms. The number of hydrogen-bond acceptors (Lipinski definition) is 2. The third kappa shape index (κ3) is 2.05. The summed E-state index contributed by atoms with van der Waals surface area (Å²) in [6.07, 6.45) is 0. The topological polar surface area (TPSA) is 18.5 Å². The molecule has 0 N–H and O–H groups in total. The van der Waals surface area contributed by atoms with E-state index < -0.39 is 0 Å². The Hall–Kier alpha value is 0.842. The zero-order valence-electron chi connectivity index (χ0n) is 4.09. The second-order valence-electron chi connectivity index (χ2n) is 1.48. The van der Waals surface area contributed by atoms with Gasteiger partial charge in [-0.25, -0.2) is 0 Å². The van der Waals surface area contributed by atoms with Gasteiger partial charge in [0.25, 0.3) is 0 Å². The average molecular weight is 295 g/mol. The van der Waals surface area contributed by atoms with Crippen molar-refractivity contribution in [2.24, 2.45) is 0 Å². The van der Waals surface area contributed by atoms with Crippen molar-refractivity contribution in [2.45, 2.75) is 3.66 Å². The summed E-state index contributed by atoms with van der Waals surface area (Å²) in [6.45, 7) is 2.44. The van der Waals surface area contributed by atoms with Crippen LogP contribution in [-0.2, 0) is 9.47 Å².